The predicted molar refractivity (Wildman–Crippen MR) is 84.5 cm³/mol. The summed E-state index contributed by atoms with van der Waals surface area (Å²) < 4.78 is 5.36. The van der Waals surface area contributed by atoms with Gasteiger partial charge in [0, 0.05) is 32.1 Å². The summed E-state index contributed by atoms with van der Waals surface area (Å²) >= 11 is 0. The van der Waals surface area contributed by atoms with Crippen LogP contribution in [0.3, 0.4) is 0 Å². The van der Waals surface area contributed by atoms with Crippen LogP contribution >= 0.6 is 12.4 Å². The third kappa shape index (κ3) is 3.28. The zero-order valence-corrected chi connectivity index (χ0v) is 13.2. The van der Waals surface area contributed by atoms with Crippen LogP contribution in [-0.2, 0) is 11.3 Å². The number of amides is 1. The SMILES string of the molecule is CC(=O)N1CCC(c2nc(-c3ccc(CN)cc3)no2)C1.Cl. The molecule has 2 N–H and O–H groups in total. The number of hydrogen-bond acceptors (Lipinski definition) is 5. The van der Waals surface area contributed by atoms with Crippen molar-refractivity contribution < 1.29 is 9.32 Å². The standard InChI is InChI=1S/C15H18N4O2.ClH/c1-10(20)19-7-6-13(9-19)15-17-14(18-21-15)12-4-2-11(8-16)3-5-12;/h2-5,13H,6-9,16H2,1H3;1H. The minimum absolute atomic E-state index is 0. The molecule has 1 amide bonds. The number of carbonyl (C=O) groups excluding carboxylic acids is 1. The Morgan fingerprint density at radius 3 is 2.73 bits per heavy atom. The molecule has 2 aromatic rings. The molecule has 1 atom stereocenters. The first-order valence-corrected chi connectivity index (χ1v) is 7.06. The van der Waals surface area contributed by atoms with Gasteiger partial charge in [0.25, 0.3) is 0 Å². The van der Waals surface area contributed by atoms with Crippen LogP contribution in [0.5, 0.6) is 0 Å². The van der Waals surface area contributed by atoms with E-state index in [4.69, 9.17) is 10.3 Å². The fourth-order valence-corrected chi connectivity index (χ4v) is 2.56. The van der Waals surface area contributed by atoms with Crippen LogP contribution < -0.4 is 5.73 Å². The molecule has 1 aromatic carbocycles. The van der Waals surface area contributed by atoms with Crippen molar-refractivity contribution in [2.24, 2.45) is 5.73 Å². The van der Waals surface area contributed by atoms with Gasteiger partial charge in [0.05, 0.1) is 5.92 Å². The minimum Gasteiger partial charge on any atom is -0.342 e. The first kappa shape index (κ1) is 16.5. The van der Waals surface area contributed by atoms with Crippen molar-refractivity contribution in [2.75, 3.05) is 13.1 Å². The fraction of sp³-hybridized carbons (Fsp3) is 0.400. The Morgan fingerprint density at radius 1 is 1.41 bits per heavy atom. The topological polar surface area (TPSA) is 85.2 Å². The van der Waals surface area contributed by atoms with E-state index in [0.29, 0.717) is 24.8 Å². The average Bonchev–Trinajstić information content (AvgIpc) is 3.16. The van der Waals surface area contributed by atoms with Gasteiger partial charge in [-0.25, -0.2) is 0 Å². The van der Waals surface area contributed by atoms with Crippen LogP contribution in [-0.4, -0.2) is 34.0 Å². The number of hydrogen-bond donors (Lipinski definition) is 1. The summed E-state index contributed by atoms with van der Waals surface area (Å²) in [6.45, 7) is 3.51. The maximum Gasteiger partial charge on any atom is 0.231 e. The maximum atomic E-state index is 11.4. The highest BCUT2D eigenvalue weighted by Gasteiger charge is 2.29. The van der Waals surface area contributed by atoms with Crippen LogP contribution in [0.1, 0.15) is 30.7 Å². The van der Waals surface area contributed by atoms with Crippen molar-refractivity contribution in [3.05, 3.63) is 35.7 Å². The molecule has 1 aliphatic heterocycles. The Morgan fingerprint density at radius 2 is 2.14 bits per heavy atom. The smallest absolute Gasteiger partial charge is 0.231 e. The highest BCUT2D eigenvalue weighted by Crippen LogP contribution is 2.27. The van der Waals surface area contributed by atoms with E-state index in [1.165, 1.54) is 0 Å². The third-order valence-electron chi connectivity index (χ3n) is 3.87. The Hall–Kier alpha value is -1.92. The summed E-state index contributed by atoms with van der Waals surface area (Å²) in [5.74, 6) is 1.42. The van der Waals surface area contributed by atoms with Gasteiger partial charge >= 0.3 is 0 Å². The summed E-state index contributed by atoms with van der Waals surface area (Å²) in [5, 5.41) is 4.04. The van der Waals surface area contributed by atoms with E-state index >= 15 is 0 Å². The number of halogens is 1. The average molecular weight is 323 g/mol. The highest BCUT2D eigenvalue weighted by molar-refractivity contribution is 5.85. The summed E-state index contributed by atoms with van der Waals surface area (Å²) in [5.41, 5.74) is 7.55. The van der Waals surface area contributed by atoms with E-state index in [1.54, 1.807) is 6.92 Å². The molecule has 22 heavy (non-hydrogen) atoms. The molecule has 2 heterocycles. The molecule has 1 fully saturated rings. The van der Waals surface area contributed by atoms with E-state index in [9.17, 15) is 4.79 Å². The molecule has 0 radical (unpaired) electrons. The number of likely N-dealkylation sites (tertiary alicyclic amines) is 1. The van der Waals surface area contributed by atoms with E-state index in [-0.39, 0.29) is 24.2 Å². The van der Waals surface area contributed by atoms with Gasteiger partial charge in [-0.15, -0.1) is 12.4 Å². The van der Waals surface area contributed by atoms with Gasteiger partial charge in [-0.3, -0.25) is 4.79 Å². The Kier molecular flexibility index (Phi) is 5.15. The number of carbonyl (C=O) groups is 1. The van der Waals surface area contributed by atoms with Crippen molar-refractivity contribution in [3.63, 3.8) is 0 Å². The molecule has 1 saturated heterocycles. The molecule has 0 aliphatic carbocycles. The molecule has 0 bridgehead atoms. The number of aromatic nitrogens is 2. The molecule has 118 valence electrons. The van der Waals surface area contributed by atoms with Crippen LogP contribution in [0.2, 0.25) is 0 Å². The van der Waals surface area contributed by atoms with Crippen LogP contribution in [0.25, 0.3) is 11.4 Å². The molecule has 0 saturated carbocycles. The summed E-state index contributed by atoms with van der Waals surface area (Å²) in [7, 11) is 0. The van der Waals surface area contributed by atoms with Gasteiger partial charge < -0.3 is 15.2 Å². The normalized spacial score (nSPS) is 17.4. The van der Waals surface area contributed by atoms with Crippen molar-refractivity contribution in [2.45, 2.75) is 25.8 Å². The monoisotopic (exact) mass is 322 g/mol. The molecule has 0 spiro atoms. The van der Waals surface area contributed by atoms with Gasteiger partial charge in [-0.2, -0.15) is 4.98 Å². The van der Waals surface area contributed by atoms with Crippen LogP contribution in [0, 0.1) is 0 Å². The second-order valence-corrected chi connectivity index (χ2v) is 5.31. The van der Waals surface area contributed by atoms with E-state index in [2.05, 4.69) is 10.1 Å². The summed E-state index contributed by atoms with van der Waals surface area (Å²) in [4.78, 5) is 17.6. The zero-order valence-electron chi connectivity index (χ0n) is 12.4. The fourth-order valence-electron chi connectivity index (χ4n) is 2.56. The molecule has 6 nitrogen and oxygen atoms in total. The maximum absolute atomic E-state index is 11.4. The van der Waals surface area contributed by atoms with Gasteiger partial charge in [0.15, 0.2) is 0 Å². The molecule has 1 aromatic heterocycles. The lowest BCUT2D eigenvalue weighted by atomic mass is 10.1. The predicted octanol–water partition coefficient (Wildman–Crippen LogP) is 1.95. The molecule has 1 unspecified atom stereocenters. The first-order chi connectivity index (χ1) is 10.2. The highest BCUT2D eigenvalue weighted by atomic mass is 35.5. The second-order valence-electron chi connectivity index (χ2n) is 5.31. The summed E-state index contributed by atoms with van der Waals surface area (Å²) in [6.07, 6.45) is 0.868. The minimum atomic E-state index is 0. The van der Waals surface area contributed by atoms with Gasteiger partial charge in [-0.05, 0) is 12.0 Å². The zero-order chi connectivity index (χ0) is 14.8. The number of nitrogens with two attached hydrogens (primary N) is 1. The number of nitrogens with zero attached hydrogens (tertiary/aromatic N) is 3. The number of rotatable bonds is 3. The van der Waals surface area contributed by atoms with Crippen molar-refractivity contribution in [3.8, 4) is 11.4 Å². The van der Waals surface area contributed by atoms with Gasteiger partial charge in [0.1, 0.15) is 0 Å². The summed E-state index contributed by atoms with van der Waals surface area (Å²) in [6, 6.07) is 7.79. The largest absolute Gasteiger partial charge is 0.342 e. The van der Waals surface area contributed by atoms with E-state index in [1.807, 2.05) is 29.2 Å². The quantitative estimate of drug-likeness (QED) is 0.933. The van der Waals surface area contributed by atoms with Crippen LogP contribution in [0.4, 0.5) is 0 Å². The lowest BCUT2D eigenvalue weighted by molar-refractivity contribution is -0.127. The Bertz CT molecular complexity index is 641. The van der Waals surface area contributed by atoms with E-state index < -0.39 is 0 Å². The Balaban J connectivity index is 0.00000176. The van der Waals surface area contributed by atoms with Crippen molar-refractivity contribution >= 4 is 18.3 Å². The van der Waals surface area contributed by atoms with Crippen molar-refractivity contribution in [1.29, 1.82) is 0 Å². The number of benzene rings is 1. The van der Waals surface area contributed by atoms with Crippen molar-refractivity contribution in [1.82, 2.24) is 15.0 Å². The molecule has 3 rings (SSSR count). The van der Waals surface area contributed by atoms with E-state index in [0.717, 1.165) is 24.1 Å². The lowest BCUT2D eigenvalue weighted by Crippen LogP contribution is -2.25. The molecular weight excluding hydrogens is 304 g/mol. The molecule has 7 heteroatoms. The molecule has 1 aliphatic rings. The Labute approximate surface area is 135 Å². The first-order valence-electron chi connectivity index (χ1n) is 7.06. The van der Waals surface area contributed by atoms with Crippen LogP contribution in [0.15, 0.2) is 28.8 Å². The third-order valence-corrected chi connectivity index (χ3v) is 3.87. The second kappa shape index (κ2) is 6.89. The van der Waals surface area contributed by atoms with Gasteiger partial charge in [0.2, 0.25) is 17.6 Å². The lowest BCUT2D eigenvalue weighted by Gasteiger charge is -2.11. The van der Waals surface area contributed by atoms with Gasteiger partial charge in [-0.1, -0.05) is 29.4 Å². The molecular formula is C15H19ClN4O2.